The Morgan fingerprint density at radius 1 is 1.38 bits per heavy atom. The fourth-order valence-corrected chi connectivity index (χ4v) is 2.84. The van der Waals surface area contributed by atoms with Crippen LogP contribution in [-0.4, -0.2) is 30.4 Å². The predicted molar refractivity (Wildman–Crippen MR) is 92.8 cm³/mol. The van der Waals surface area contributed by atoms with E-state index in [4.69, 9.17) is 5.73 Å². The Hall–Kier alpha value is -0.580. The average molecular weight is 376 g/mol. The van der Waals surface area contributed by atoms with Crippen molar-refractivity contribution in [1.82, 2.24) is 4.90 Å². The third kappa shape index (κ3) is 4.97. The molecule has 21 heavy (non-hydrogen) atoms. The van der Waals surface area contributed by atoms with Crippen molar-refractivity contribution >= 4 is 34.2 Å². The molecule has 1 aliphatic rings. The zero-order valence-electron chi connectivity index (χ0n) is 12.6. The van der Waals surface area contributed by atoms with Gasteiger partial charge >= 0.3 is 0 Å². The van der Waals surface area contributed by atoms with Crippen LogP contribution in [0.15, 0.2) is 28.7 Å². The van der Waals surface area contributed by atoms with Gasteiger partial charge in [0.1, 0.15) is 0 Å². The Morgan fingerprint density at radius 3 is 2.43 bits per heavy atom. The van der Waals surface area contributed by atoms with E-state index in [9.17, 15) is 4.79 Å². The first-order chi connectivity index (χ1) is 9.43. The Balaban J connectivity index is 0.00000220. The van der Waals surface area contributed by atoms with Gasteiger partial charge < -0.3 is 10.6 Å². The number of carbonyl (C=O) groups is 1. The van der Waals surface area contributed by atoms with Crippen LogP contribution in [0, 0.1) is 0 Å². The minimum atomic E-state index is 0. The molecule has 1 amide bonds. The number of benzene rings is 1. The first-order valence-corrected chi connectivity index (χ1v) is 7.98. The number of nitrogens with zero attached hydrogens (tertiary/aromatic N) is 1. The smallest absolute Gasteiger partial charge is 0.222 e. The molecule has 1 fully saturated rings. The van der Waals surface area contributed by atoms with Gasteiger partial charge in [-0.2, -0.15) is 0 Å². The third-order valence-electron chi connectivity index (χ3n) is 4.09. The van der Waals surface area contributed by atoms with Crippen molar-refractivity contribution < 1.29 is 4.79 Å². The number of nitrogens with two attached hydrogens (primary N) is 1. The summed E-state index contributed by atoms with van der Waals surface area (Å²) in [6.45, 7) is 2.75. The second kappa shape index (κ2) is 7.61. The fourth-order valence-electron chi connectivity index (χ4n) is 2.58. The van der Waals surface area contributed by atoms with E-state index in [1.54, 1.807) is 0 Å². The highest BCUT2D eigenvalue weighted by atomic mass is 79.9. The van der Waals surface area contributed by atoms with Gasteiger partial charge in [-0.15, -0.1) is 12.4 Å². The van der Waals surface area contributed by atoms with Crippen LogP contribution in [0.5, 0.6) is 0 Å². The second-order valence-corrected chi connectivity index (χ2v) is 6.97. The number of amides is 1. The maximum absolute atomic E-state index is 12.1. The van der Waals surface area contributed by atoms with E-state index in [1.807, 2.05) is 18.9 Å². The van der Waals surface area contributed by atoms with Crippen LogP contribution in [0.1, 0.15) is 38.2 Å². The van der Waals surface area contributed by atoms with Crippen molar-refractivity contribution in [2.45, 2.75) is 44.1 Å². The van der Waals surface area contributed by atoms with Crippen LogP contribution >= 0.6 is 28.3 Å². The molecule has 118 valence electrons. The molecule has 1 aliphatic carbocycles. The quantitative estimate of drug-likeness (QED) is 0.827. The van der Waals surface area contributed by atoms with Crippen LogP contribution < -0.4 is 5.73 Å². The predicted octanol–water partition coefficient (Wildman–Crippen LogP) is 3.49. The number of hydrogen-bond acceptors (Lipinski definition) is 2. The van der Waals surface area contributed by atoms with Gasteiger partial charge in [0.2, 0.25) is 5.91 Å². The van der Waals surface area contributed by atoms with E-state index in [1.165, 1.54) is 18.4 Å². The molecule has 1 atom stereocenters. The Bertz CT molecular complexity index is 472. The highest BCUT2D eigenvalue weighted by Crippen LogP contribution is 2.48. The largest absolute Gasteiger partial charge is 0.345 e. The Morgan fingerprint density at radius 2 is 1.95 bits per heavy atom. The van der Waals surface area contributed by atoms with Crippen molar-refractivity contribution in [3.63, 3.8) is 0 Å². The summed E-state index contributed by atoms with van der Waals surface area (Å²) in [6, 6.07) is 8.57. The highest BCUT2D eigenvalue weighted by molar-refractivity contribution is 9.10. The molecule has 0 bridgehead atoms. The fraction of sp³-hybridized carbons (Fsp3) is 0.562. The second-order valence-electron chi connectivity index (χ2n) is 6.05. The minimum Gasteiger partial charge on any atom is -0.345 e. The number of carbonyl (C=O) groups excluding carboxylic acids is 1. The molecular formula is C16H24BrClN2O. The van der Waals surface area contributed by atoms with E-state index in [0.29, 0.717) is 6.42 Å². The van der Waals surface area contributed by atoms with Gasteiger partial charge in [0.05, 0.1) is 0 Å². The number of halogens is 2. The van der Waals surface area contributed by atoms with E-state index >= 15 is 0 Å². The van der Waals surface area contributed by atoms with Crippen molar-refractivity contribution in [3.8, 4) is 0 Å². The summed E-state index contributed by atoms with van der Waals surface area (Å²) in [5.41, 5.74) is 7.23. The van der Waals surface area contributed by atoms with Gasteiger partial charge in [-0.05, 0) is 43.9 Å². The molecule has 2 rings (SSSR count). The molecule has 1 aromatic carbocycles. The standard InChI is InChI=1S/C16H23BrN2O.ClH/c1-12(18)3-8-15(20)19(2)11-16(9-10-16)13-4-6-14(17)7-5-13;/h4-7,12H,3,8-11,18H2,1-2H3;1H. The lowest BCUT2D eigenvalue weighted by Gasteiger charge is -2.25. The molecule has 0 saturated heterocycles. The Kier molecular flexibility index (Phi) is 6.70. The van der Waals surface area contributed by atoms with Gasteiger partial charge in [0.25, 0.3) is 0 Å². The molecular weight excluding hydrogens is 352 g/mol. The molecule has 0 radical (unpaired) electrons. The molecule has 0 aromatic heterocycles. The molecule has 1 unspecified atom stereocenters. The van der Waals surface area contributed by atoms with Crippen molar-refractivity contribution in [3.05, 3.63) is 34.3 Å². The van der Waals surface area contributed by atoms with Crippen molar-refractivity contribution in [2.24, 2.45) is 5.73 Å². The van der Waals surface area contributed by atoms with Crippen LogP contribution in [0.2, 0.25) is 0 Å². The average Bonchev–Trinajstić information content (AvgIpc) is 3.17. The van der Waals surface area contributed by atoms with E-state index < -0.39 is 0 Å². The first kappa shape index (κ1) is 18.5. The molecule has 0 heterocycles. The van der Waals surface area contributed by atoms with Crippen LogP contribution in [0.3, 0.4) is 0 Å². The van der Waals surface area contributed by atoms with Gasteiger partial charge in [-0.3, -0.25) is 4.79 Å². The molecule has 0 aliphatic heterocycles. The van der Waals surface area contributed by atoms with Crippen LogP contribution in [0.4, 0.5) is 0 Å². The third-order valence-corrected chi connectivity index (χ3v) is 4.62. The van der Waals surface area contributed by atoms with Crippen LogP contribution in [-0.2, 0) is 10.2 Å². The molecule has 5 heteroatoms. The summed E-state index contributed by atoms with van der Waals surface area (Å²) in [5.74, 6) is 0.200. The first-order valence-electron chi connectivity index (χ1n) is 7.18. The summed E-state index contributed by atoms with van der Waals surface area (Å²) in [5, 5.41) is 0. The van der Waals surface area contributed by atoms with Gasteiger partial charge in [0.15, 0.2) is 0 Å². The lowest BCUT2D eigenvalue weighted by Crippen LogP contribution is -2.35. The molecule has 3 nitrogen and oxygen atoms in total. The Labute approximate surface area is 141 Å². The van der Waals surface area contributed by atoms with E-state index in [0.717, 1.165) is 17.4 Å². The van der Waals surface area contributed by atoms with Gasteiger partial charge in [-0.1, -0.05) is 28.1 Å². The summed E-state index contributed by atoms with van der Waals surface area (Å²) in [7, 11) is 1.91. The zero-order valence-corrected chi connectivity index (χ0v) is 15.0. The zero-order chi connectivity index (χ0) is 14.8. The van der Waals surface area contributed by atoms with Crippen molar-refractivity contribution in [1.29, 1.82) is 0 Å². The summed E-state index contributed by atoms with van der Waals surface area (Å²) in [4.78, 5) is 14.0. The van der Waals surface area contributed by atoms with Gasteiger partial charge in [0, 0.05) is 35.9 Å². The molecule has 0 spiro atoms. The summed E-state index contributed by atoms with van der Waals surface area (Å²) in [6.07, 6.45) is 3.64. The number of likely N-dealkylation sites (N-methyl/N-ethyl adjacent to an activating group) is 1. The maximum atomic E-state index is 12.1. The van der Waals surface area contributed by atoms with Crippen molar-refractivity contribution in [2.75, 3.05) is 13.6 Å². The lowest BCUT2D eigenvalue weighted by molar-refractivity contribution is -0.130. The maximum Gasteiger partial charge on any atom is 0.222 e. The van der Waals surface area contributed by atoms with Crippen LogP contribution in [0.25, 0.3) is 0 Å². The lowest BCUT2D eigenvalue weighted by atomic mass is 9.95. The van der Waals surface area contributed by atoms with E-state index in [-0.39, 0.29) is 29.8 Å². The normalized spacial score (nSPS) is 16.8. The molecule has 1 saturated carbocycles. The summed E-state index contributed by atoms with van der Waals surface area (Å²) >= 11 is 3.46. The topological polar surface area (TPSA) is 46.3 Å². The molecule has 1 aromatic rings. The van der Waals surface area contributed by atoms with E-state index in [2.05, 4.69) is 40.2 Å². The SMILES string of the molecule is CC(N)CCC(=O)N(C)CC1(c2ccc(Br)cc2)CC1.Cl. The monoisotopic (exact) mass is 374 g/mol. The molecule has 2 N–H and O–H groups in total. The minimum absolute atomic E-state index is 0. The summed E-state index contributed by atoms with van der Waals surface area (Å²) < 4.78 is 1.10. The van der Waals surface area contributed by atoms with Gasteiger partial charge in [-0.25, -0.2) is 0 Å². The number of hydrogen-bond donors (Lipinski definition) is 1. The number of rotatable bonds is 6. The highest BCUT2D eigenvalue weighted by Gasteiger charge is 2.45.